The minimum Gasteiger partial charge on any atom is -0.207 e. The Morgan fingerprint density at radius 1 is 0.789 bits per heavy atom. The molecule has 0 aromatic heterocycles. The maximum absolute atomic E-state index is 13.5. The van der Waals surface area contributed by atoms with Gasteiger partial charge in [-0.15, -0.1) is 0 Å². The molecule has 0 heterocycles. The first-order chi connectivity index (χ1) is 8.90. The smallest absolute Gasteiger partial charge is 0.194 e. The summed E-state index contributed by atoms with van der Waals surface area (Å²) >= 11 is 3.01. The number of hydrogen-bond donors (Lipinski definition) is 0. The Morgan fingerprint density at radius 2 is 1.37 bits per heavy atom. The average Bonchev–Trinajstić information content (AvgIpc) is 2.37. The van der Waals surface area contributed by atoms with Crippen molar-refractivity contribution >= 4 is 15.9 Å². The molecule has 0 fully saturated rings. The second-order valence-electron chi connectivity index (χ2n) is 3.83. The molecule has 1 atom stereocenters. The minimum absolute atomic E-state index is 0.0547. The van der Waals surface area contributed by atoms with Crippen molar-refractivity contribution in [1.82, 2.24) is 0 Å². The van der Waals surface area contributed by atoms with Gasteiger partial charge >= 0.3 is 0 Å². The zero-order valence-electron chi connectivity index (χ0n) is 9.23. The average molecular weight is 337 g/mol. The van der Waals surface area contributed by atoms with Gasteiger partial charge in [0.15, 0.2) is 17.5 Å². The maximum atomic E-state index is 13.5. The van der Waals surface area contributed by atoms with Crippen molar-refractivity contribution in [3.63, 3.8) is 0 Å². The monoisotopic (exact) mass is 336 g/mol. The van der Waals surface area contributed by atoms with Gasteiger partial charge in [-0.3, -0.25) is 0 Å². The van der Waals surface area contributed by atoms with Crippen LogP contribution in [-0.4, -0.2) is 0 Å². The predicted molar refractivity (Wildman–Crippen MR) is 63.4 cm³/mol. The molecule has 6 heteroatoms. The maximum Gasteiger partial charge on any atom is 0.194 e. The van der Waals surface area contributed by atoms with Crippen molar-refractivity contribution in [3.8, 4) is 0 Å². The van der Waals surface area contributed by atoms with Crippen LogP contribution in [0.3, 0.4) is 0 Å². The molecule has 0 aliphatic rings. The van der Waals surface area contributed by atoms with E-state index >= 15 is 0 Å². The van der Waals surface area contributed by atoms with Crippen molar-refractivity contribution in [3.05, 3.63) is 70.5 Å². The first kappa shape index (κ1) is 14.0. The zero-order chi connectivity index (χ0) is 14.2. The molecule has 100 valence electrons. The summed E-state index contributed by atoms with van der Waals surface area (Å²) in [5.41, 5.74) is -0.189. The van der Waals surface area contributed by atoms with Crippen molar-refractivity contribution < 1.29 is 22.0 Å². The van der Waals surface area contributed by atoms with Crippen molar-refractivity contribution in [1.29, 1.82) is 0 Å². The summed E-state index contributed by atoms with van der Waals surface area (Å²) in [6.45, 7) is 0. The third-order valence-corrected chi connectivity index (χ3v) is 3.55. The number of hydrogen-bond acceptors (Lipinski definition) is 0. The summed E-state index contributed by atoms with van der Waals surface area (Å²) in [7, 11) is 0. The first-order valence-electron chi connectivity index (χ1n) is 5.13. The van der Waals surface area contributed by atoms with Gasteiger partial charge in [-0.1, -0.05) is 15.9 Å². The molecule has 2 rings (SSSR count). The van der Waals surface area contributed by atoms with Gasteiger partial charge in [0.05, 0.1) is 4.83 Å². The minimum atomic E-state index is -1.61. The topological polar surface area (TPSA) is 0 Å². The summed E-state index contributed by atoms with van der Waals surface area (Å²) in [6, 6.07) is 4.16. The number of rotatable bonds is 2. The Morgan fingerprint density at radius 3 is 1.95 bits per heavy atom. The summed E-state index contributed by atoms with van der Waals surface area (Å²) in [5.74, 6) is -5.83. The molecule has 0 nitrogen and oxygen atoms in total. The highest BCUT2D eigenvalue weighted by atomic mass is 79.9. The van der Waals surface area contributed by atoms with E-state index in [2.05, 4.69) is 15.9 Å². The van der Waals surface area contributed by atoms with Crippen LogP contribution >= 0.6 is 15.9 Å². The van der Waals surface area contributed by atoms with Gasteiger partial charge in [-0.25, -0.2) is 22.0 Å². The lowest BCUT2D eigenvalue weighted by Gasteiger charge is -2.12. The van der Waals surface area contributed by atoms with E-state index in [0.717, 1.165) is 30.3 Å². The van der Waals surface area contributed by atoms with Gasteiger partial charge in [-0.05, 0) is 35.9 Å². The second kappa shape index (κ2) is 5.28. The molecule has 2 aromatic rings. The fraction of sp³-hybridized carbons (Fsp3) is 0.0769. The highest BCUT2D eigenvalue weighted by Crippen LogP contribution is 2.34. The lowest BCUT2D eigenvalue weighted by molar-refractivity contribution is 0.445. The van der Waals surface area contributed by atoms with Gasteiger partial charge in [0.1, 0.15) is 11.6 Å². The van der Waals surface area contributed by atoms with Crippen LogP contribution in [0, 0.1) is 29.1 Å². The second-order valence-corrected chi connectivity index (χ2v) is 4.74. The molecule has 0 aliphatic heterocycles. The molecule has 0 amide bonds. The van der Waals surface area contributed by atoms with E-state index in [-0.39, 0.29) is 11.1 Å². The molecule has 2 aromatic carbocycles. The van der Waals surface area contributed by atoms with Crippen molar-refractivity contribution in [2.45, 2.75) is 4.83 Å². The Bertz CT molecular complexity index is 603. The van der Waals surface area contributed by atoms with Gasteiger partial charge in [0, 0.05) is 5.56 Å². The Kier molecular flexibility index (Phi) is 3.89. The molecule has 0 spiro atoms. The number of halogens is 6. The predicted octanol–water partition coefficient (Wildman–Crippen LogP) is 4.87. The summed E-state index contributed by atoms with van der Waals surface area (Å²) in [5, 5.41) is 0. The normalized spacial score (nSPS) is 12.5. The van der Waals surface area contributed by atoms with Gasteiger partial charge in [0.2, 0.25) is 0 Å². The molecule has 1 unspecified atom stereocenters. The van der Waals surface area contributed by atoms with Gasteiger partial charge in [-0.2, -0.15) is 0 Å². The Hall–Kier alpha value is -1.43. The molecular formula is C13H6BrF5. The highest BCUT2D eigenvalue weighted by Gasteiger charge is 2.19. The Balaban J connectivity index is 2.49. The number of benzene rings is 2. The van der Waals surface area contributed by atoms with E-state index < -0.39 is 33.9 Å². The fourth-order valence-electron chi connectivity index (χ4n) is 1.61. The van der Waals surface area contributed by atoms with E-state index in [1.807, 2.05) is 0 Å². The Labute approximate surface area is 114 Å². The SMILES string of the molecule is Fc1ccc(F)c(C(Br)c2cc(F)c(F)c(F)c2)c1. The lowest BCUT2D eigenvalue weighted by atomic mass is 10.0. The van der Waals surface area contributed by atoms with Crippen LogP contribution < -0.4 is 0 Å². The van der Waals surface area contributed by atoms with Gasteiger partial charge in [0.25, 0.3) is 0 Å². The van der Waals surface area contributed by atoms with Gasteiger partial charge < -0.3 is 0 Å². The van der Waals surface area contributed by atoms with Crippen molar-refractivity contribution in [2.24, 2.45) is 0 Å². The zero-order valence-corrected chi connectivity index (χ0v) is 10.8. The molecule has 0 saturated carbocycles. The largest absolute Gasteiger partial charge is 0.207 e. The van der Waals surface area contributed by atoms with Crippen LogP contribution in [0.25, 0.3) is 0 Å². The molecule has 0 aliphatic carbocycles. The summed E-state index contributed by atoms with van der Waals surface area (Å²) in [6.07, 6.45) is 0. The number of alkyl halides is 1. The highest BCUT2D eigenvalue weighted by molar-refractivity contribution is 9.09. The molecule has 0 saturated heterocycles. The van der Waals surface area contributed by atoms with E-state index in [9.17, 15) is 22.0 Å². The van der Waals surface area contributed by atoms with Crippen LogP contribution in [0.1, 0.15) is 16.0 Å². The molecular weight excluding hydrogens is 331 g/mol. The standard InChI is InChI=1S/C13H6BrF5/c14-12(8-5-7(15)1-2-9(8)16)6-3-10(17)13(19)11(18)4-6/h1-5,12H. The summed E-state index contributed by atoms with van der Waals surface area (Å²) < 4.78 is 65.6. The van der Waals surface area contributed by atoms with Crippen LogP contribution in [-0.2, 0) is 0 Å². The quantitative estimate of drug-likeness (QED) is 0.417. The van der Waals surface area contributed by atoms with E-state index in [0.29, 0.717) is 0 Å². The van der Waals surface area contributed by atoms with E-state index in [4.69, 9.17) is 0 Å². The third kappa shape index (κ3) is 2.78. The molecule has 0 N–H and O–H groups in total. The third-order valence-electron chi connectivity index (χ3n) is 2.53. The van der Waals surface area contributed by atoms with Crippen LogP contribution in [0.2, 0.25) is 0 Å². The molecule has 0 radical (unpaired) electrons. The van der Waals surface area contributed by atoms with Crippen LogP contribution in [0.4, 0.5) is 22.0 Å². The molecule has 0 bridgehead atoms. The van der Waals surface area contributed by atoms with Crippen LogP contribution in [0.15, 0.2) is 30.3 Å². The van der Waals surface area contributed by atoms with E-state index in [1.165, 1.54) is 0 Å². The van der Waals surface area contributed by atoms with Crippen molar-refractivity contribution in [2.75, 3.05) is 0 Å². The summed E-state index contributed by atoms with van der Waals surface area (Å²) in [4.78, 5) is -0.993. The molecule has 19 heavy (non-hydrogen) atoms. The lowest BCUT2D eigenvalue weighted by Crippen LogP contribution is -2.01. The first-order valence-corrected chi connectivity index (χ1v) is 6.05. The van der Waals surface area contributed by atoms with E-state index in [1.54, 1.807) is 0 Å². The fourth-order valence-corrected chi connectivity index (χ4v) is 2.23. The van der Waals surface area contributed by atoms with Crippen LogP contribution in [0.5, 0.6) is 0 Å².